The summed E-state index contributed by atoms with van der Waals surface area (Å²) in [5.41, 5.74) is 0. The second kappa shape index (κ2) is 8.32. The second-order valence-corrected chi connectivity index (χ2v) is 5.76. The SMILES string of the molecule is O=C1OC(C(=O)Oc2c(F)c(F)cc(F)c2F)C(C(=O)Oc2c(F)c(F)cc(F)c2F)O1. The van der Waals surface area contributed by atoms with Crippen LogP contribution in [0.2, 0.25) is 0 Å². The van der Waals surface area contributed by atoms with Crippen LogP contribution in [0.5, 0.6) is 11.5 Å². The van der Waals surface area contributed by atoms with E-state index in [0.29, 0.717) is 0 Å². The normalized spacial score (nSPS) is 17.6. The number of esters is 2. The van der Waals surface area contributed by atoms with Crippen molar-refractivity contribution in [3.05, 3.63) is 58.7 Å². The summed E-state index contributed by atoms with van der Waals surface area (Å²) in [5.74, 6) is -24.6. The molecule has 1 aliphatic heterocycles. The Hall–Kier alpha value is -3.91. The van der Waals surface area contributed by atoms with Gasteiger partial charge in [0.25, 0.3) is 0 Å². The van der Waals surface area contributed by atoms with Gasteiger partial charge in [-0.25, -0.2) is 31.9 Å². The molecule has 0 aromatic heterocycles. The van der Waals surface area contributed by atoms with Gasteiger partial charge in [0.15, 0.2) is 23.3 Å². The van der Waals surface area contributed by atoms with Gasteiger partial charge in [0, 0.05) is 12.1 Å². The van der Waals surface area contributed by atoms with Gasteiger partial charge in [0.05, 0.1) is 0 Å². The van der Waals surface area contributed by atoms with Gasteiger partial charge in [-0.15, -0.1) is 0 Å². The molecule has 1 aliphatic rings. The van der Waals surface area contributed by atoms with Crippen LogP contribution in [0.15, 0.2) is 12.1 Å². The van der Waals surface area contributed by atoms with Crippen LogP contribution in [0, 0.1) is 46.5 Å². The van der Waals surface area contributed by atoms with E-state index in [9.17, 15) is 49.5 Å². The molecule has 2 unspecified atom stereocenters. The van der Waals surface area contributed by atoms with Crippen molar-refractivity contribution in [3.8, 4) is 11.5 Å². The number of rotatable bonds is 4. The van der Waals surface area contributed by atoms with E-state index in [1.807, 2.05) is 0 Å². The summed E-state index contributed by atoms with van der Waals surface area (Å²) in [7, 11) is 0. The fourth-order valence-corrected chi connectivity index (χ4v) is 2.30. The third-order valence-corrected chi connectivity index (χ3v) is 3.73. The van der Waals surface area contributed by atoms with E-state index in [1.165, 1.54) is 0 Å². The Labute approximate surface area is 170 Å². The van der Waals surface area contributed by atoms with Crippen molar-refractivity contribution in [2.45, 2.75) is 12.2 Å². The number of hydrogen-bond acceptors (Lipinski definition) is 7. The van der Waals surface area contributed by atoms with Crippen molar-refractivity contribution < 1.29 is 68.5 Å². The van der Waals surface area contributed by atoms with Crippen molar-refractivity contribution in [2.75, 3.05) is 0 Å². The highest BCUT2D eigenvalue weighted by atomic mass is 19.2. The minimum Gasteiger partial charge on any atom is -0.417 e. The molecule has 0 amide bonds. The molecule has 0 aliphatic carbocycles. The van der Waals surface area contributed by atoms with E-state index in [-0.39, 0.29) is 12.1 Å². The Morgan fingerprint density at radius 1 is 0.625 bits per heavy atom. The summed E-state index contributed by atoms with van der Waals surface area (Å²) >= 11 is 0. The van der Waals surface area contributed by atoms with Crippen LogP contribution in [-0.2, 0) is 19.1 Å². The van der Waals surface area contributed by atoms with Crippen LogP contribution < -0.4 is 9.47 Å². The molecule has 2 aromatic rings. The largest absolute Gasteiger partial charge is 0.510 e. The molecule has 0 N–H and O–H groups in total. The van der Waals surface area contributed by atoms with Crippen LogP contribution in [-0.4, -0.2) is 30.3 Å². The maximum Gasteiger partial charge on any atom is 0.510 e. The number of benzene rings is 2. The molecule has 0 spiro atoms. The van der Waals surface area contributed by atoms with Gasteiger partial charge in [-0.2, -0.15) is 17.6 Å². The Morgan fingerprint density at radius 2 is 0.906 bits per heavy atom. The molecule has 1 fully saturated rings. The lowest BCUT2D eigenvalue weighted by molar-refractivity contribution is -0.153. The first-order valence-electron chi connectivity index (χ1n) is 7.89. The van der Waals surface area contributed by atoms with Crippen molar-refractivity contribution in [3.63, 3.8) is 0 Å². The molecule has 15 heteroatoms. The van der Waals surface area contributed by atoms with E-state index >= 15 is 0 Å². The molecule has 3 rings (SSSR count). The highest BCUT2D eigenvalue weighted by Crippen LogP contribution is 2.30. The number of ether oxygens (including phenoxy) is 4. The molecule has 0 saturated carbocycles. The van der Waals surface area contributed by atoms with E-state index in [2.05, 4.69) is 18.9 Å². The number of cyclic esters (lactones) is 2. The topological polar surface area (TPSA) is 88.1 Å². The Bertz CT molecular complexity index is 1010. The van der Waals surface area contributed by atoms with Crippen LogP contribution >= 0.6 is 0 Å². The third-order valence-electron chi connectivity index (χ3n) is 3.73. The fourth-order valence-electron chi connectivity index (χ4n) is 2.30. The lowest BCUT2D eigenvalue weighted by atomic mass is 10.2. The van der Waals surface area contributed by atoms with E-state index in [0.717, 1.165) is 0 Å². The molecule has 32 heavy (non-hydrogen) atoms. The highest BCUT2D eigenvalue weighted by Gasteiger charge is 2.50. The van der Waals surface area contributed by atoms with E-state index < -0.39 is 88.3 Å². The first-order chi connectivity index (χ1) is 14.9. The zero-order valence-corrected chi connectivity index (χ0v) is 14.7. The van der Waals surface area contributed by atoms with Gasteiger partial charge >= 0.3 is 18.1 Å². The second-order valence-electron chi connectivity index (χ2n) is 5.76. The fraction of sp³-hybridized carbons (Fsp3) is 0.118. The molecule has 7 nitrogen and oxygen atoms in total. The van der Waals surface area contributed by atoms with Crippen molar-refractivity contribution in [2.24, 2.45) is 0 Å². The maximum atomic E-state index is 13.6. The minimum atomic E-state index is -2.58. The number of carbonyl (C=O) groups excluding carboxylic acids is 3. The predicted octanol–water partition coefficient (Wildman–Crippen LogP) is 3.21. The summed E-state index contributed by atoms with van der Waals surface area (Å²) in [6.07, 6.45) is -6.96. The molecular formula is C17H4F8O7. The predicted molar refractivity (Wildman–Crippen MR) is 79.0 cm³/mol. The third kappa shape index (κ3) is 4.00. The average molecular weight is 472 g/mol. The molecule has 0 radical (unpaired) electrons. The van der Waals surface area contributed by atoms with E-state index in [4.69, 9.17) is 0 Å². The molecule has 2 aromatic carbocycles. The molecule has 1 saturated heterocycles. The quantitative estimate of drug-likeness (QED) is 0.292. The average Bonchev–Trinajstić information content (AvgIpc) is 3.13. The van der Waals surface area contributed by atoms with Gasteiger partial charge in [-0.1, -0.05) is 0 Å². The zero-order chi connectivity index (χ0) is 23.9. The Morgan fingerprint density at radius 3 is 1.19 bits per heavy atom. The number of hydrogen-bond donors (Lipinski definition) is 0. The summed E-state index contributed by atoms with van der Waals surface area (Å²) < 4.78 is 124. The molecule has 0 bridgehead atoms. The number of halogens is 8. The lowest BCUT2D eigenvalue weighted by Crippen LogP contribution is -2.42. The highest BCUT2D eigenvalue weighted by molar-refractivity contribution is 5.92. The Kier molecular flexibility index (Phi) is 5.92. The van der Waals surface area contributed by atoms with Crippen LogP contribution in [0.3, 0.4) is 0 Å². The standard InChI is InChI=1S/C17H4F8O7/c18-3-1-4(19)8(23)11(7(3)22)29-15(26)13-14(32-17(28)31-13)16(27)30-12-9(24)5(20)2-6(21)10(12)25/h1-2,13-14H. The molecule has 170 valence electrons. The molecular weight excluding hydrogens is 468 g/mol. The van der Waals surface area contributed by atoms with Crippen molar-refractivity contribution in [1.82, 2.24) is 0 Å². The zero-order valence-electron chi connectivity index (χ0n) is 14.7. The lowest BCUT2D eigenvalue weighted by Gasteiger charge is -2.15. The number of carbonyl (C=O) groups is 3. The van der Waals surface area contributed by atoms with Crippen molar-refractivity contribution in [1.29, 1.82) is 0 Å². The molecule has 2 atom stereocenters. The Balaban J connectivity index is 1.87. The van der Waals surface area contributed by atoms with Gasteiger partial charge in [-0.3, -0.25) is 0 Å². The van der Waals surface area contributed by atoms with Crippen molar-refractivity contribution >= 4 is 18.1 Å². The van der Waals surface area contributed by atoms with Gasteiger partial charge in [0.2, 0.25) is 47.0 Å². The summed E-state index contributed by atoms with van der Waals surface area (Å²) in [5, 5.41) is 0. The van der Waals surface area contributed by atoms with Gasteiger partial charge < -0.3 is 18.9 Å². The first kappa shape index (κ1) is 22.8. The van der Waals surface area contributed by atoms with Gasteiger partial charge in [-0.05, 0) is 0 Å². The van der Waals surface area contributed by atoms with Crippen LogP contribution in [0.25, 0.3) is 0 Å². The van der Waals surface area contributed by atoms with Crippen LogP contribution in [0.1, 0.15) is 0 Å². The van der Waals surface area contributed by atoms with Crippen LogP contribution in [0.4, 0.5) is 39.9 Å². The monoisotopic (exact) mass is 472 g/mol. The van der Waals surface area contributed by atoms with E-state index in [1.54, 1.807) is 0 Å². The van der Waals surface area contributed by atoms with Gasteiger partial charge in [0.1, 0.15) is 0 Å². The molecule has 1 heterocycles. The summed E-state index contributed by atoms with van der Waals surface area (Å²) in [6.45, 7) is 0. The smallest absolute Gasteiger partial charge is 0.417 e. The minimum absolute atomic E-state index is 0.220. The summed E-state index contributed by atoms with van der Waals surface area (Å²) in [4.78, 5) is 35.4. The first-order valence-corrected chi connectivity index (χ1v) is 7.89. The summed E-state index contributed by atoms with van der Waals surface area (Å²) in [6, 6.07) is -0.440. The maximum absolute atomic E-state index is 13.6.